The smallest absolute Gasteiger partial charge is 0.257 e. The molecule has 1 saturated heterocycles. The largest absolute Gasteiger partial charge is 0.493 e. The van der Waals surface area contributed by atoms with Gasteiger partial charge in [-0.1, -0.05) is 22.0 Å². The normalized spacial score (nSPS) is 18.8. The Morgan fingerprint density at radius 3 is 2.72 bits per heavy atom. The van der Waals surface area contributed by atoms with Crippen LogP contribution >= 0.6 is 15.9 Å². The van der Waals surface area contributed by atoms with E-state index in [1.165, 1.54) is 0 Å². The molecule has 4 nitrogen and oxygen atoms in total. The van der Waals surface area contributed by atoms with E-state index in [9.17, 15) is 4.79 Å². The van der Waals surface area contributed by atoms with Crippen LogP contribution in [-0.4, -0.2) is 42.9 Å². The zero-order valence-corrected chi connectivity index (χ0v) is 12.1. The molecule has 0 radical (unpaired) electrons. The molecule has 1 aromatic carbocycles. The van der Waals surface area contributed by atoms with Crippen molar-refractivity contribution in [2.45, 2.75) is 11.2 Å². The highest BCUT2D eigenvalue weighted by molar-refractivity contribution is 9.09. The first-order chi connectivity index (χ1) is 8.67. The number of benzene rings is 1. The topological polar surface area (TPSA) is 38.8 Å². The number of halogens is 1. The maximum atomic E-state index is 12.4. The molecule has 0 saturated carbocycles. The minimum atomic E-state index is -0.00676. The van der Waals surface area contributed by atoms with E-state index in [4.69, 9.17) is 9.47 Å². The summed E-state index contributed by atoms with van der Waals surface area (Å²) in [5, 5.41) is 0. The lowest BCUT2D eigenvalue weighted by molar-refractivity contribution is 0.0789. The average molecular weight is 314 g/mol. The van der Waals surface area contributed by atoms with E-state index >= 15 is 0 Å². The molecule has 0 bridgehead atoms. The van der Waals surface area contributed by atoms with Crippen LogP contribution in [0.2, 0.25) is 0 Å². The minimum absolute atomic E-state index is 0.00676. The zero-order chi connectivity index (χ0) is 13.1. The van der Waals surface area contributed by atoms with Crippen molar-refractivity contribution in [2.24, 2.45) is 0 Å². The number of amides is 1. The highest BCUT2D eigenvalue weighted by Crippen LogP contribution is 2.32. The molecule has 2 rings (SSSR count). The van der Waals surface area contributed by atoms with Gasteiger partial charge in [0.15, 0.2) is 11.5 Å². The molecule has 0 aromatic heterocycles. The predicted octanol–water partition coefficient (Wildman–Crippen LogP) is 2.31. The Balaban J connectivity index is 2.30. The number of alkyl halides is 1. The second-order valence-electron chi connectivity index (χ2n) is 4.18. The van der Waals surface area contributed by atoms with E-state index < -0.39 is 0 Å². The van der Waals surface area contributed by atoms with Crippen LogP contribution in [0.5, 0.6) is 11.5 Å². The molecule has 0 N–H and O–H groups in total. The van der Waals surface area contributed by atoms with E-state index in [2.05, 4.69) is 15.9 Å². The monoisotopic (exact) mass is 313 g/mol. The summed E-state index contributed by atoms with van der Waals surface area (Å²) in [5.74, 6) is 1.08. The summed E-state index contributed by atoms with van der Waals surface area (Å²) < 4.78 is 10.5. The van der Waals surface area contributed by atoms with Crippen molar-refractivity contribution in [3.63, 3.8) is 0 Å². The van der Waals surface area contributed by atoms with Crippen LogP contribution in [0.1, 0.15) is 16.8 Å². The summed E-state index contributed by atoms with van der Waals surface area (Å²) in [5.41, 5.74) is 0.554. The fraction of sp³-hybridized carbons (Fsp3) is 0.462. The summed E-state index contributed by atoms with van der Waals surface area (Å²) in [6.07, 6.45) is 0.984. The maximum Gasteiger partial charge on any atom is 0.257 e. The first-order valence-corrected chi connectivity index (χ1v) is 6.73. The highest BCUT2D eigenvalue weighted by Gasteiger charge is 2.27. The van der Waals surface area contributed by atoms with Crippen molar-refractivity contribution in [1.82, 2.24) is 4.90 Å². The maximum absolute atomic E-state index is 12.4. The van der Waals surface area contributed by atoms with Crippen LogP contribution in [0.15, 0.2) is 18.2 Å². The SMILES string of the molecule is COc1cccc(C(=O)N2CCC(Br)C2)c1OC. The molecule has 1 fully saturated rings. The molecule has 18 heavy (non-hydrogen) atoms. The molecule has 1 aromatic rings. The molecule has 1 heterocycles. The third-order valence-corrected chi connectivity index (χ3v) is 3.80. The van der Waals surface area contributed by atoms with Gasteiger partial charge in [0.25, 0.3) is 5.91 Å². The molecule has 1 aliphatic rings. The highest BCUT2D eigenvalue weighted by atomic mass is 79.9. The van der Waals surface area contributed by atoms with Gasteiger partial charge in [0.2, 0.25) is 0 Å². The van der Waals surface area contributed by atoms with Crippen LogP contribution in [-0.2, 0) is 0 Å². The van der Waals surface area contributed by atoms with Gasteiger partial charge in [-0.25, -0.2) is 0 Å². The van der Waals surface area contributed by atoms with Gasteiger partial charge in [0.1, 0.15) is 0 Å². The van der Waals surface area contributed by atoms with Crippen LogP contribution in [0.25, 0.3) is 0 Å². The van der Waals surface area contributed by atoms with Crippen LogP contribution in [0, 0.1) is 0 Å². The lowest BCUT2D eigenvalue weighted by Gasteiger charge is -2.18. The van der Waals surface area contributed by atoms with Crippen LogP contribution in [0.4, 0.5) is 0 Å². The van der Waals surface area contributed by atoms with Crippen molar-refractivity contribution in [2.75, 3.05) is 27.3 Å². The molecule has 0 aliphatic carbocycles. The first-order valence-electron chi connectivity index (χ1n) is 5.81. The Morgan fingerprint density at radius 1 is 1.39 bits per heavy atom. The second-order valence-corrected chi connectivity index (χ2v) is 5.47. The Morgan fingerprint density at radius 2 is 2.17 bits per heavy atom. The molecule has 1 aliphatic heterocycles. The Hall–Kier alpha value is -1.23. The third-order valence-electron chi connectivity index (χ3n) is 3.05. The summed E-state index contributed by atoms with van der Waals surface area (Å²) in [6.45, 7) is 1.51. The van der Waals surface area contributed by atoms with Gasteiger partial charge in [-0.3, -0.25) is 4.79 Å². The third kappa shape index (κ3) is 2.46. The number of rotatable bonds is 3. The fourth-order valence-corrected chi connectivity index (χ4v) is 2.68. The van der Waals surface area contributed by atoms with Gasteiger partial charge in [0, 0.05) is 17.9 Å². The lowest BCUT2D eigenvalue weighted by atomic mass is 10.1. The number of carbonyl (C=O) groups excluding carboxylic acids is 1. The number of ether oxygens (including phenoxy) is 2. The Kier molecular flexibility index (Phi) is 4.11. The van der Waals surface area contributed by atoms with Crippen molar-refractivity contribution in [1.29, 1.82) is 0 Å². The van der Waals surface area contributed by atoms with Gasteiger partial charge in [-0.2, -0.15) is 0 Å². The van der Waals surface area contributed by atoms with E-state index in [0.717, 1.165) is 19.5 Å². The molecule has 1 amide bonds. The molecule has 1 unspecified atom stereocenters. The number of hydrogen-bond acceptors (Lipinski definition) is 3. The quantitative estimate of drug-likeness (QED) is 0.804. The molecular formula is C13H16BrNO3. The zero-order valence-electron chi connectivity index (χ0n) is 10.5. The number of para-hydroxylation sites is 1. The molecular weight excluding hydrogens is 298 g/mol. The van der Waals surface area contributed by atoms with Crippen molar-refractivity contribution >= 4 is 21.8 Å². The van der Waals surface area contributed by atoms with Gasteiger partial charge in [-0.05, 0) is 18.6 Å². The lowest BCUT2D eigenvalue weighted by Crippen LogP contribution is -2.29. The van der Waals surface area contributed by atoms with Crippen molar-refractivity contribution in [3.05, 3.63) is 23.8 Å². The average Bonchev–Trinajstić information content (AvgIpc) is 2.83. The standard InChI is InChI=1S/C13H16BrNO3/c1-17-11-5-3-4-10(12(11)18-2)13(16)15-7-6-9(14)8-15/h3-5,9H,6-8H2,1-2H3. The fourth-order valence-electron chi connectivity index (χ4n) is 2.13. The summed E-state index contributed by atoms with van der Waals surface area (Å²) in [4.78, 5) is 14.6. The first kappa shape index (κ1) is 13.2. The Bertz CT molecular complexity index is 450. The molecule has 5 heteroatoms. The van der Waals surface area contributed by atoms with Crippen LogP contribution < -0.4 is 9.47 Å². The number of carbonyl (C=O) groups is 1. The number of methoxy groups -OCH3 is 2. The van der Waals surface area contributed by atoms with Crippen molar-refractivity contribution < 1.29 is 14.3 Å². The van der Waals surface area contributed by atoms with Crippen LogP contribution in [0.3, 0.4) is 0 Å². The number of likely N-dealkylation sites (tertiary alicyclic amines) is 1. The summed E-state index contributed by atoms with van der Waals surface area (Å²) in [7, 11) is 3.11. The van der Waals surface area contributed by atoms with E-state index in [0.29, 0.717) is 21.9 Å². The predicted molar refractivity (Wildman–Crippen MR) is 72.8 cm³/mol. The van der Waals surface area contributed by atoms with E-state index in [1.54, 1.807) is 32.4 Å². The van der Waals surface area contributed by atoms with Gasteiger partial charge in [0.05, 0.1) is 19.8 Å². The minimum Gasteiger partial charge on any atom is -0.493 e. The number of hydrogen-bond donors (Lipinski definition) is 0. The van der Waals surface area contributed by atoms with Gasteiger partial charge >= 0.3 is 0 Å². The summed E-state index contributed by atoms with van der Waals surface area (Å²) >= 11 is 3.53. The molecule has 98 valence electrons. The molecule has 1 atom stereocenters. The van der Waals surface area contributed by atoms with Gasteiger partial charge < -0.3 is 14.4 Å². The Labute approximate surface area is 115 Å². The molecule has 0 spiro atoms. The number of nitrogens with zero attached hydrogens (tertiary/aromatic N) is 1. The van der Waals surface area contributed by atoms with E-state index in [1.807, 2.05) is 4.90 Å². The summed E-state index contributed by atoms with van der Waals surface area (Å²) in [6, 6.07) is 5.36. The van der Waals surface area contributed by atoms with Crippen molar-refractivity contribution in [3.8, 4) is 11.5 Å². The van der Waals surface area contributed by atoms with Gasteiger partial charge in [-0.15, -0.1) is 0 Å². The van der Waals surface area contributed by atoms with E-state index in [-0.39, 0.29) is 5.91 Å². The second kappa shape index (κ2) is 5.61.